The fraction of sp³-hybridized carbons (Fsp3) is 0.826. The highest BCUT2D eigenvalue weighted by Gasteiger charge is 2.39. The molecule has 0 unspecified atom stereocenters. The first kappa shape index (κ1) is 22.6. The van der Waals surface area contributed by atoms with E-state index in [0.29, 0.717) is 5.41 Å². The Morgan fingerprint density at radius 3 is 1.72 bits per heavy atom. The molecular formula is C23H42ClN. The van der Waals surface area contributed by atoms with Gasteiger partial charge in [-0.05, 0) is 42.1 Å². The van der Waals surface area contributed by atoms with E-state index < -0.39 is 0 Å². The second-order valence-corrected chi connectivity index (χ2v) is 9.31. The molecule has 0 amide bonds. The quantitative estimate of drug-likeness (QED) is 0.309. The number of rotatable bonds is 13. The van der Waals surface area contributed by atoms with Gasteiger partial charge in [-0.25, -0.2) is 0 Å². The molecule has 0 N–H and O–H groups in total. The first-order chi connectivity index (χ1) is 11.8. The predicted octanol–water partition coefficient (Wildman–Crippen LogP) is 8.22. The van der Waals surface area contributed by atoms with Crippen molar-refractivity contribution in [1.29, 1.82) is 0 Å². The number of nitrogens with zero attached hydrogens (tertiary/aromatic N) is 1. The highest BCUT2D eigenvalue weighted by atomic mass is 35.5. The summed E-state index contributed by atoms with van der Waals surface area (Å²) in [6, 6.07) is 1.97. The van der Waals surface area contributed by atoms with Crippen LogP contribution < -0.4 is 0 Å². The molecule has 0 aliphatic carbocycles. The third-order valence-corrected chi connectivity index (χ3v) is 6.69. The first-order valence-corrected chi connectivity index (χ1v) is 11.0. The zero-order valence-electron chi connectivity index (χ0n) is 17.7. The maximum absolute atomic E-state index is 5.94. The van der Waals surface area contributed by atoms with Crippen LogP contribution in [0.15, 0.2) is 18.5 Å². The molecule has 1 nitrogen and oxygen atoms in total. The lowest BCUT2D eigenvalue weighted by Gasteiger charge is -2.45. The zero-order chi connectivity index (χ0) is 18.9. The van der Waals surface area contributed by atoms with Gasteiger partial charge in [0.2, 0.25) is 0 Å². The Kier molecular flexibility index (Phi) is 10.2. The van der Waals surface area contributed by atoms with E-state index in [-0.39, 0.29) is 0 Å². The summed E-state index contributed by atoms with van der Waals surface area (Å²) < 4.78 is 2.20. The van der Waals surface area contributed by atoms with Gasteiger partial charge in [0.05, 0.1) is 5.02 Å². The van der Waals surface area contributed by atoms with E-state index in [1.807, 2.05) is 12.3 Å². The first-order valence-electron chi connectivity index (χ1n) is 10.6. The average molecular weight is 368 g/mol. The molecule has 0 atom stereocenters. The van der Waals surface area contributed by atoms with Crippen LogP contribution in [0.25, 0.3) is 0 Å². The van der Waals surface area contributed by atoms with Gasteiger partial charge in [0, 0.05) is 18.9 Å². The van der Waals surface area contributed by atoms with E-state index in [4.69, 9.17) is 11.6 Å². The third-order valence-electron chi connectivity index (χ3n) is 6.47. The summed E-state index contributed by atoms with van der Waals surface area (Å²) in [7, 11) is 0. The van der Waals surface area contributed by atoms with E-state index in [0.717, 1.165) is 29.3 Å². The monoisotopic (exact) mass is 367 g/mol. The van der Waals surface area contributed by atoms with Gasteiger partial charge in [-0.3, -0.25) is 0 Å². The predicted molar refractivity (Wildman–Crippen MR) is 113 cm³/mol. The summed E-state index contributed by atoms with van der Waals surface area (Å²) in [5.74, 6) is 2.32. The molecule has 25 heavy (non-hydrogen) atoms. The fourth-order valence-corrected chi connectivity index (χ4v) is 5.21. The molecule has 0 spiro atoms. The van der Waals surface area contributed by atoms with Crippen molar-refractivity contribution >= 4 is 11.6 Å². The van der Waals surface area contributed by atoms with Crippen LogP contribution in [-0.4, -0.2) is 4.57 Å². The van der Waals surface area contributed by atoms with Crippen LogP contribution in [0.4, 0.5) is 0 Å². The molecule has 0 radical (unpaired) electrons. The van der Waals surface area contributed by atoms with Crippen molar-refractivity contribution in [2.75, 3.05) is 0 Å². The van der Waals surface area contributed by atoms with Crippen molar-refractivity contribution in [3.63, 3.8) is 0 Å². The molecule has 0 saturated carbocycles. The SMILES string of the molecule is CC(C)C(CCCCCCCCCn1ccc(Cl)c1)(C(C)C)C(C)C. The lowest BCUT2D eigenvalue weighted by molar-refractivity contribution is 0.0356. The van der Waals surface area contributed by atoms with E-state index in [9.17, 15) is 0 Å². The Hall–Kier alpha value is -0.430. The molecule has 1 aromatic heterocycles. The lowest BCUT2D eigenvalue weighted by Crippen LogP contribution is -2.38. The van der Waals surface area contributed by atoms with Gasteiger partial charge in [-0.1, -0.05) is 91.7 Å². The molecule has 0 aliphatic rings. The maximum atomic E-state index is 5.94. The fourth-order valence-electron chi connectivity index (χ4n) is 5.03. The van der Waals surface area contributed by atoms with E-state index in [1.165, 1.54) is 51.4 Å². The van der Waals surface area contributed by atoms with Crippen LogP contribution in [0.2, 0.25) is 5.02 Å². The van der Waals surface area contributed by atoms with Crippen molar-refractivity contribution in [3.8, 4) is 0 Å². The van der Waals surface area contributed by atoms with Gasteiger partial charge in [0.25, 0.3) is 0 Å². The Bertz CT molecular complexity index is 437. The van der Waals surface area contributed by atoms with E-state index in [1.54, 1.807) is 0 Å². The minimum absolute atomic E-state index is 0.512. The maximum Gasteiger partial charge on any atom is 0.0582 e. The second kappa shape index (κ2) is 11.3. The third kappa shape index (κ3) is 7.00. The summed E-state index contributed by atoms with van der Waals surface area (Å²) in [4.78, 5) is 0. The Balaban J connectivity index is 2.14. The molecular weight excluding hydrogens is 326 g/mol. The molecule has 2 heteroatoms. The van der Waals surface area contributed by atoms with Crippen LogP contribution in [0, 0.1) is 23.2 Å². The van der Waals surface area contributed by atoms with E-state index in [2.05, 4.69) is 52.3 Å². The number of unbranched alkanes of at least 4 members (excludes halogenated alkanes) is 6. The van der Waals surface area contributed by atoms with Crippen molar-refractivity contribution in [3.05, 3.63) is 23.5 Å². The minimum atomic E-state index is 0.512. The zero-order valence-corrected chi connectivity index (χ0v) is 18.4. The average Bonchev–Trinajstić information content (AvgIpc) is 2.93. The van der Waals surface area contributed by atoms with Gasteiger partial charge >= 0.3 is 0 Å². The topological polar surface area (TPSA) is 4.93 Å². The molecule has 0 aliphatic heterocycles. The van der Waals surface area contributed by atoms with Gasteiger partial charge in [0.1, 0.15) is 0 Å². The number of hydrogen-bond acceptors (Lipinski definition) is 0. The van der Waals surface area contributed by atoms with Crippen LogP contribution in [0.5, 0.6) is 0 Å². The summed E-state index contributed by atoms with van der Waals surface area (Å²) >= 11 is 5.94. The second-order valence-electron chi connectivity index (χ2n) is 8.87. The number of hydrogen-bond donors (Lipinski definition) is 0. The smallest absolute Gasteiger partial charge is 0.0582 e. The highest BCUT2D eigenvalue weighted by molar-refractivity contribution is 6.30. The van der Waals surface area contributed by atoms with Crippen molar-refractivity contribution in [1.82, 2.24) is 4.57 Å². The lowest BCUT2D eigenvalue weighted by atomic mass is 9.60. The Morgan fingerprint density at radius 2 is 1.28 bits per heavy atom. The van der Waals surface area contributed by atoms with Crippen LogP contribution in [-0.2, 0) is 6.54 Å². The van der Waals surface area contributed by atoms with E-state index >= 15 is 0 Å². The molecule has 1 aromatic rings. The van der Waals surface area contributed by atoms with Crippen molar-refractivity contribution in [2.45, 2.75) is 99.5 Å². The molecule has 0 fully saturated rings. The molecule has 0 bridgehead atoms. The minimum Gasteiger partial charge on any atom is -0.353 e. The molecule has 0 saturated heterocycles. The van der Waals surface area contributed by atoms with Crippen LogP contribution >= 0.6 is 11.6 Å². The summed E-state index contributed by atoms with van der Waals surface area (Å²) in [5.41, 5.74) is 0.512. The molecule has 0 aromatic carbocycles. The number of aromatic nitrogens is 1. The van der Waals surface area contributed by atoms with Crippen molar-refractivity contribution in [2.24, 2.45) is 23.2 Å². The molecule has 1 rings (SSSR count). The number of halogens is 1. The summed E-state index contributed by atoms with van der Waals surface area (Å²) in [6.45, 7) is 15.7. The standard InChI is InChI=1S/C23H42ClN/c1-19(2)23(20(3)4,21(5)6)15-12-10-8-7-9-11-13-16-25-17-14-22(24)18-25/h14,17-21H,7-13,15-16H2,1-6H3. The van der Waals surface area contributed by atoms with Gasteiger partial charge < -0.3 is 4.57 Å². The van der Waals surface area contributed by atoms with Gasteiger partial charge in [-0.15, -0.1) is 0 Å². The summed E-state index contributed by atoms with van der Waals surface area (Å²) in [5, 5.41) is 0.847. The largest absolute Gasteiger partial charge is 0.353 e. The van der Waals surface area contributed by atoms with Crippen molar-refractivity contribution < 1.29 is 0 Å². The normalized spacial score (nSPS) is 12.7. The summed E-state index contributed by atoms with van der Waals surface area (Å²) in [6.07, 6.45) is 15.1. The number of aryl methyl sites for hydroxylation is 1. The van der Waals surface area contributed by atoms with Crippen LogP contribution in [0.3, 0.4) is 0 Å². The molecule has 146 valence electrons. The van der Waals surface area contributed by atoms with Gasteiger partial charge in [-0.2, -0.15) is 0 Å². The highest BCUT2D eigenvalue weighted by Crippen LogP contribution is 2.47. The van der Waals surface area contributed by atoms with Crippen LogP contribution in [0.1, 0.15) is 92.9 Å². The Morgan fingerprint density at radius 1 is 0.800 bits per heavy atom. The van der Waals surface area contributed by atoms with Gasteiger partial charge in [0.15, 0.2) is 0 Å². The Labute approximate surface area is 162 Å². The molecule has 1 heterocycles.